The molecule has 0 saturated heterocycles. The van der Waals surface area contributed by atoms with Crippen LogP contribution in [0, 0.1) is 0 Å². The molecule has 148 valence electrons. The minimum atomic E-state index is -1.18. The Hall–Kier alpha value is -2.08. The number of carboxylic acid groups (broad SMARTS) is 3. The molecule has 25 heavy (non-hydrogen) atoms. The predicted octanol–water partition coefficient (Wildman–Crippen LogP) is -2.16. The molecule has 0 atom stereocenters. The Bertz CT molecular complexity index is 362. The molecule has 0 unspecified atom stereocenters. The Kier molecular flexibility index (Phi) is 22.2. The third-order valence-electron chi connectivity index (χ3n) is 2.50. The maximum absolute atomic E-state index is 10.5. The number of carbonyl (C=O) groups is 4. The molecule has 0 aliphatic heterocycles. The summed E-state index contributed by atoms with van der Waals surface area (Å²) in [6.07, 6.45) is 0.529. The zero-order valence-electron chi connectivity index (χ0n) is 15.0. The molecule has 6 N–H and O–H groups in total. The molecular weight excluding hydrogens is 336 g/mol. The second-order valence-corrected chi connectivity index (χ2v) is 4.50. The maximum atomic E-state index is 10.5. The van der Waals surface area contributed by atoms with Crippen molar-refractivity contribution >= 4 is 24.2 Å². The van der Waals surface area contributed by atoms with Crippen LogP contribution in [0.1, 0.15) is 6.92 Å². The van der Waals surface area contributed by atoms with Crippen molar-refractivity contribution in [3.63, 3.8) is 0 Å². The smallest absolute Gasteiger partial charge is 0.317 e. The van der Waals surface area contributed by atoms with Gasteiger partial charge in [0.15, 0.2) is 0 Å². The SMILES string of the molecule is CCNC.CN.O=CCN(CCN(CC(=O)O)CC(=O)O)CC(=O)O. The zero-order chi connectivity index (χ0) is 20.3. The minimum absolute atomic E-state index is 0.0414. The van der Waals surface area contributed by atoms with E-state index in [4.69, 9.17) is 15.3 Å². The molecule has 11 nitrogen and oxygen atoms in total. The molecule has 0 heterocycles. The lowest BCUT2D eigenvalue weighted by atomic mass is 10.4. The number of aldehydes is 1. The molecule has 0 aliphatic rings. The average Bonchev–Trinajstić information content (AvgIpc) is 2.53. The first-order chi connectivity index (χ1) is 11.8. The van der Waals surface area contributed by atoms with E-state index in [1.54, 1.807) is 0 Å². The second kappa shape index (κ2) is 20.0. The molecule has 0 rings (SSSR count). The summed E-state index contributed by atoms with van der Waals surface area (Å²) < 4.78 is 0. The highest BCUT2D eigenvalue weighted by molar-refractivity contribution is 5.72. The number of hydrogen-bond donors (Lipinski definition) is 5. The number of nitrogens with zero attached hydrogens (tertiary/aromatic N) is 2. The number of carboxylic acids is 3. The van der Waals surface area contributed by atoms with Gasteiger partial charge in [-0.05, 0) is 20.6 Å². The largest absolute Gasteiger partial charge is 0.480 e. The van der Waals surface area contributed by atoms with Crippen LogP contribution in [0.2, 0.25) is 0 Å². The second-order valence-electron chi connectivity index (χ2n) is 4.50. The van der Waals surface area contributed by atoms with Crippen LogP contribution in [-0.4, -0.2) is 109 Å². The molecule has 0 aromatic heterocycles. The molecule has 11 heteroatoms. The highest BCUT2D eigenvalue weighted by Gasteiger charge is 2.16. The van der Waals surface area contributed by atoms with E-state index >= 15 is 0 Å². The number of rotatable bonds is 12. The van der Waals surface area contributed by atoms with Gasteiger partial charge in [-0.2, -0.15) is 0 Å². The molecule has 0 amide bonds. The fourth-order valence-electron chi connectivity index (χ4n) is 1.41. The Balaban J connectivity index is -0.000000701. The Labute approximate surface area is 147 Å². The monoisotopic (exact) mass is 366 g/mol. The number of carbonyl (C=O) groups excluding carboxylic acids is 1. The van der Waals surface area contributed by atoms with Crippen molar-refractivity contribution in [2.75, 3.05) is 59.9 Å². The molecule has 0 spiro atoms. The van der Waals surface area contributed by atoms with E-state index in [1.165, 1.54) is 11.9 Å². The van der Waals surface area contributed by atoms with Crippen molar-refractivity contribution in [2.24, 2.45) is 5.73 Å². The third kappa shape index (κ3) is 24.3. The molecule has 0 fully saturated rings. The summed E-state index contributed by atoms with van der Waals surface area (Å²) in [7, 11) is 3.43. The molecule has 0 aromatic rings. The highest BCUT2D eigenvalue weighted by Crippen LogP contribution is 1.93. The summed E-state index contributed by atoms with van der Waals surface area (Å²) in [5.41, 5.74) is 4.50. The van der Waals surface area contributed by atoms with Crippen LogP contribution in [0.4, 0.5) is 0 Å². The van der Waals surface area contributed by atoms with Crippen LogP contribution in [0.3, 0.4) is 0 Å². The van der Waals surface area contributed by atoms with Crippen LogP contribution in [0.15, 0.2) is 0 Å². The van der Waals surface area contributed by atoms with Gasteiger partial charge in [-0.25, -0.2) is 0 Å². The fraction of sp³-hybridized carbons (Fsp3) is 0.714. The van der Waals surface area contributed by atoms with Gasteiger partial charge in [0.1, 0.15) is 6.29 Å². The van der Waals surface area contributed by atoms with Crippen molar-refractivity contribution in [1.82, 2.24) is 15.1 Å². The molecule has 0 radical (unpaired) electrons. The Morgan fingerprint density at radius 2 is 1.24 bits per heavy atom. The normalized spacial score (nSPS) is 9.52. The van der Waals surface area contributed by atoms with Crippen LogP contribution >= 0.6 is 0 Å². The summed E-state index contributed by atoms with van der Waals surface area (Å²) in [4.78, 5) is 44.4. The summed E-state index contributed by atoms with van der Waals surface area (Å²) in [6.45, 7) is 1.86. The van der Waals surface area contributed by atoms with Crippen molar-refractivity contribution in [3.05, 3.63) is 0 Å². The summed E-state index contributed by atoms with van der Waals surface area (Å²) in [5, 5.41) is 28.8. The first kappa shape index (κ1) is 27.8. The molecule has 0 bridgehead atoms. The number of nitrogens with one attached hydrogen (secondary N) is 1. The van der Waals surface area contributed by atoms with Crippen LogP contribution in [0.5, 0.6) is 0 Å². The van der Waals surface area contributed by atoms with Crippen LogP contribution in [-0.2, 0) is 19.2 Å². The lowest BCUT2D eigenvalue weighted by molar-refractivity contribution is -0.143. The number of hydrogen-bond acceptors (Lipinski definition) is 8. The Morgan fingerprint density at radius 1 is 0.920 bits per heavy atom. The van der Waals surface area contributed by atoms with Gasteiger partial charge in [0.25, 0.3) is 0 Å². The molecular formula is C14H30N4O7. The van der Waals surface area contributed by atoms with Gasteiger partial charge in [0, 0.05) is 13.1 Å². The Morgan fingerprint density at radius 3 is 1.52 bits per heavy atom. The van der Waals surface area contributed by atoms with E-state index in [9.17, 15) is 19.2 Å². The van der Waals surface area contributed by atoms with E-state index in [0.29, 0.717) is 6.29 Å². The van der Waals surface area contributed by atoms with Gasteiger partial charge in [-0.1, -0.05) is 6.92 Å². The van der Waals surface area contributed by atoms with Crippen molar-refractivity contribution in [1.29, 1.82) is 0 Å². The lowest BCUT2D eigenvalue weighted by Crippen LogP contribution is -2.42. The van der Waals surface area contributed by atoms with Gasteiger partial charge >= 0.3 is 17.9 Å². The number of nitrogens with two attached hydrogens (primary N) is 1. The van der Waals surface area contributed by atoms with Crippen molar-refractivity contribution in [2.45, 2.75) is 6.92 Å². The fourth-order valence-corrected chi connectivity index (χ4v) is 1.41. The van der Waals surface area contributed by atoms with E-state index in [-0.39, 0.29) is 26.2 Å². The minimum Gasteiger partial charge on any atom is -0.480 e. The third-order valence-corrected chi connectivity index (χ3v) is 2.50. The molecule has 0 aromatic carbocycles. The lowest BCUT2D eigenvalue weighted by Gasteiger charge is -2.23. The van der Waals surface area contributed by atoms with E-state index < -0.39 is 31.0 Å². The van der Waals surface area contributed by atoms with Crippen LogP contribution < -0.4 is 11.1 Å². The summed E-state index contributed by atoms with van der Waals surface area (Å²) >= 11 is 0. The standard InChI is InChI=1S/C10H16N2O7.C3H9N.CH5N/c13-4-3-11(5-8(14)15)1-2-12(6-9(16)17)7-10(18)19;1-3-4-2;1-2/h4H,1-3,5-7H2,(H,14,15)(H,16,17)(H,18,19);4H,3H2,1-2H3;2H2,1H3. The van der Waals surface area contributed by atoms with Gasteiger partial charge < -0.3 is 31.2 Å². The summed E-state index contributed by atoms with van der Waals surface area (Å²) in [6, 6.07) is 0. The van der Waals surface area contributed by atoms with Crippen molar-refractivity contribution in [3.8, 4) is 0 Å². The van der Waals surface area contributed by atoms with Gasteiger partial charge in [-0.15, -0.1) is 0 Å². The molecule has 0 aliphatic carbocycles. The zero-order valence-corrected chi connectivity index (χ0v) is 15.0. The van der Waals surface area contributed by atoms with Crippen molar-refractivity contribution < 1.29 is 34.5 Å². The highest BCUT2D eigenvalue weighted by atomic mass is 16.4. The van der Waals surface area contributed by atoms with E-state index in [1.807, 2.05) is 7.05 Å². The number of aliphatic carboxylic acids is 3. The van der Waals surface area contributed by atoms with Gasteiger partial charge in [0.2, 0.25) is 0 Å². The average molecular weight is 366 g/mol. The quantitative estimate of drug-likeness (QED) is 0.238. The van der Waals surface area contributed by atoms with Crippen LogP contribution in [0.25, 0.3) is 0 Å². The predicted molar refractivity (Wildman–Crippen MR) is 91.6 cm³/mol. The van der Waals surface area contributed by atoms with E-state index in [2.05, 4.69) is 18.0 Å². The topological polar surface area (TPSA) is 173 Å². The first-order valence-corrected chi connectivity index (χ1v) is 7.52. The van der Waals surface area contributed by atoms with E-state index in [0.717, 1.165) is 11.4 Å². The molecule has 0 saturated carbocycles. The van der Waals surface area contributed by atoms with Gasteiger partial charge in [0.05, 0.1) is 26.2 Å². The maximum Gasteiger partial charge on any atom is 0.317 e. The first-order valence-electron chi connectivity index (χ1n) is 7.52. The summed E-state index contributed by atoms with van der Waals surface area (Å²) in [5.74, 6) is -3.48. The van der Waals surface area contributed by atoms with Gasteiger partial charge in [-0.3, -0.25) is 24.2 Å².